The lowest BCUT2D eigenvalue weighted by molar-refractivity contribution is -0.384. The first kappa shape index (κ1) is 15.9. The molecule has 8 heteroatoms. The highest BCUT2D eigenvalue weighted by Crippen LogP contribution is 2.29. The molecule has 24 heavy (non-hydrogen) atoms. The van der Waals surface area contributed by atoms with Gasteiger partial charge in [0.15, 0.2) is 0 Å². The summed E-state index contributed by atoms with van der Waals surface area (Å²) in [6.07, 6.45) is 1.71. The van der Waals surface area contributed by atoms with Crippen molar-refractivity contribution in [1.82, 2.24) is 9.38 Å². The standard InChI is InChI=1S/C16H12ClN3O4/c1-10-2-5-15-18-11(6-16(21)19(15)8-10)9-24-14-4-3-12(20(22)23)7-13(14)17/h2-8H,9H2,1H3. The molecule has 0 atom stereocenters. The van der Waals surface area contributed by atoms with Crippen LogP contribution >= 0.6 is 11.6 Å². The van der Waals surface area contributed by atoms with E-state index in [4.69, 9.17) is 16.3 Å². The number of pyridine rings is 1. The highest BCUT2D eigenvalue weighted by atomic mass is 35.5. The summed E-state index contributed by atoms with van der Waals surface area (Å²) in [4.78, 5) is 26.6. The lowest BCUT2D eigenvalue weighted by Gasteiger charge is -2.08. The van der Waals surface area contributed by atoms with Crippen LogP contribution in [-0.2, 0) is 6.61 Å². The zero-order chi connectivity index (χ0) is 17.3. The molecule has 0 spiro atoms. The average molecular weight is 346 g/mol. The highest BCUT2D eigenvalue weighted by molar-refractivity contribution is 6.32. The number of halogens is 1. The SMILES string of the molecule is Cc1ccc2nc(COc3ccc([N+](=O)[O-])cc3Cl)cc(=O)n2c1. The summed E-state index contributed by atoms with van der Waals surface area (Å²) >= 11 is 5.97. The van der Waals surface area contributed by atoms with E-state index >= 15 is 0 Å². The van der Waals surface area contributed by atoms with Gasteiger partial charge in [-0.2, -0.15) is 0 Å². The largest absolute Gasteiger partial charge is 0.486 e. The number of hydrogen-bond acceptors (Lipinski definition) is 5. The van der Waals surface area contributed by atoms with Crippen molar-refractivity contribution in [3.63, 3.8) is 0 Å². The summed E-state index contributed by atoms with van der Waals surface area (Å²) in [5.74, 6) is 0.285. The van der Waals surface area contributed by atoms with Crippen LogP contribution in [0.15, 0.2) is 47.4 Å². The maximum Gasteiger partial charge on any atom is 0.271 e. The number of nitrogens with zero attached hydrogens (tertiary/aromatic N) is 3. The van der Waals surface area contributed by atoms with E-state index in [1.165, 1.54) is 28.7 Å². The summed E-state index contributed by atoms with van der Waals surface area (Å²) in [6.45, 7) is 1.91. The molecule has 0 bridgehead atoms. The second-order valence-corrected chi connectivity index (χ2v) is 5.59. The number of aromatic nitrogens is 2. The first-order chi connectivity index (χ1) is 11.4. The van der Waals surface area contributed by atoms with E-state index in [1.54, 1.807) is 12.3 Å². The van der Waals surface area contributed by atoms with E-state index in [2.05, 4.69) is 4.98 Å². The Morgan fingerprint density at radius 2 is 2.08 bits per heavy atom. The van der Waals surface area contributed by atoms with Crippen LogP contribution in [0.5, 0.6) is 5.75 Å². The van der Waals surface area contributed by atoms with Crippen molar-refractivity contribution in [3.05, 3.63) is 79.3 Å². The zero-order valence-electron chi connectivity index (χ0n) is 12.6. The van der Waals surface area contributed by atoms with Crippen LogP contribution < -0.4 is 10.3 Å². The van der Waals surface area contributed by atoms with E-state index in [-0.39, 0.29) is 28.6 Å². The fraction of sp³-hybridized carbons (Fsp3) is 0.125. The molecule has 0 saturated carbocycles. The number of nitro benzene ring substituents is 1. The van der Waals surface area contributed by atoms with Crippen LogP contribution in [0.1, 0.15) is 11.3 Å². The Balaban J connectivity index is 1.85. The van der Waals surface area contributed by atoms with Crippen molar-refractivity contribution in [2.24, 2.45) is 0 Å². The van der Waals surface area contributed by atoms with Crippen LogP contribution in [0.4, 0.5) is 5.69 Å². The Bertz CT molecular complexity index is 1000. The molecule has 0 aliphatic rings. The van der Waals surface area contributed by atoms with E-state index in [9.17, 15) is 14.9 Å². The van der Waals surface area contributed by atoms with E-state index < -0.39 is 4.92 Å². The van der Waals surface area contributed by atoms with Crippen molar-refractivity contribution in [2.75, 3.05) is 0 Å². The third-order valence-electron chi connectivity index (χ3n) is 3.36. The molecule has 0 aliphatic carbocycles. The van der Waals surface area contributed by atoms with Crippen LogP contribution in [0.2, 0.25) is 5.02 Å². The maximum atomic E-state index is 12.1. The first-order valence-corrected chi connectivity index (χ1v) is 7.37. The average Bonchev–Trinajstić information content (AvgIpc) is 2.54. The summed E-state index contributed by atoms with van der Waals surface area (Å²) in [7, 11) is 0. The number of benzene rings is 1. The molecule has 0 radical (unpaired) electrons. The molecule has 0 saturated heterocycles. The number of nitro groups is 1. The number of hydrogen-bond donors (Lipinski definition) is 0. The topological polar surface area (TPSA) is 86.7 Å². The Morgan fingerprint density at radius 3 is 2.79 bits per heavy atom. The zero-order valence-corrected chi connectivity index (χ0v) is 13.4. The Hall–Kier alpha value is -2.93. The van der Waals surface area contributed by atoms with Crippen LogP contribution in [0.25, 0.3) is 5.65 Å². The van der Waals surface area contributed by atoms with Gasteiger partial charge in [-0.3, -0.25) is 19.3 Å². The summed E-state index contributed by atoms with van der Waals surface area (Å²) in [5.41, 5.74) is 1.58. The fourth-order valence-corrected chi connectivity index (χ4v) is 2.43. The number of rotatable bonds is 4. The lowest BCUT2D eigenvalue weighted by Crippen LogP contribution is -2.16. The van der Waals surface area contributed by atoms with Gasteiger partial charge in [-0.05, 0) is 24.6 Å². The third-order valence-corrected chi connectivity index (χ3v) is 3.66. The van der Waals surface area contributed by atoms with Gasteiger partial charge in [-0.25, -0.2) is 4.98 Å². The van der Waals surface area contributed by atoms with Gasteiger partial charge < -0.3 is 4.74 Å². The predicted molar refractivity (Wildman–Crippen MR) is 88.6 cm³/mol. The molecule has 122 valence electrons. The highest BCUT2D eigenvalue weighted by Gasteiger charge is 2.11. The molecule has 3 aromatic rings. The Labute approximate surface area is 141 Å². The minimum atomic E-state index is -0.538. The first-order valence-electron chi connectivity index (χ1n) is 7.00. The van der Waals surface area contributed by atoms with E-state index in [0.717, 1.165) is 5.56 Å². The number of aryl methyl sites for hydroxylation is 1. The van der Waals surface area contributed by atoms with Gasteiger partial charge in [0.25, 0.3) is 11.2 Å². The molecule has 2 heterocycles. The molecule has 0 fully saturated rings. The fourth-order valence-electron chi connectivity index (χ4n) is 2.20. The van der Waals surface area contributed by atoms with E-state index in [1.807, 2.05) is 13.0 Å². The third kappa shape index (κ3) is 3.21. The Morgan fingerprint density at radius 1 is 1.29 bits per heavy atom. The number of fused-ring (bicyclic) bond motifs is 1. The number of non-ortho nitro benzene ring substituents is 1. The number of ether oxygens (including phenoxy) is 1. The molecule has 3 rings (SSSR count). The molecule has 0 amide bonds. The van der Waals surface area contributed by atoms with Crippen molar-refractivity contribution in [3.8, 4) is 5.75 Å². The molecule has 7 nitrogen and oxygen atoms in total. The molecule has 0 unspecified atom stereocenters. The quantitative estimate of drug-likeness (QED) is 0.535. The molecular weight excluding hydrogens is 334 g/mol. The van der Waals surface area contributed by atoms with Crippen LogP contribution in [0, 0.1) is 17.0 Å². The second-order valence-electron chi connectivity index (χ2n) is 5.18. The molecule has 2 aromatic heterocycles. The van der Waals surface area contributed by atoms with Gasteiger partial charge in [0.1, 0.15) is 18.0 Å². The minimum absolute atomic E-state index is 0.0249. The van der Waals surface area contributed by atoms with Crippen LogP contribution in [-0.4, -0.2) is 14.3 Å². The van der Waals surface area contributed by atoms with E-state index in [0.29, 0.717) is 11.3 Å². The minimum Gasteiger partial charge on any atom is -0.486 e. The predicted octanol–water partition coefficient (Wildman–Crippen LogP) is 3.14. The van der Waals surface area contributed by atoms with Gasteiger partial charge >= 0.3 is 0 Å². The van der Waals surface area contributed by atoms with Crippen molar-refractivity contribution < 1.29 is 9.66 Å². The summed E-state index contributed by atoms with van der Waals surface area (Å²) < 4.78 is 6.98. The van der Waals surface area contributed by atoms with Crippen molar-refractivity contribution in [1.29, 1.82) is 0 Å². The second kappa shape index (κ2) is 6.29. The molecule has 0 N–H and O–H groups in total. The maximum absolute atomic E-state index is 12.1. The van der Waals surface area contributed by atoms with Gasteiger partial charge in [0.2, 0.25) is 0 Å². The van der Waals surface area contributed by atoms with Crippen LogP contribution in [0.3, 0.4) is 0 Å². The molecule has 1 aromatic carbocycles. The Kier molecular flexibility index (Phi) is 4.18. The summed E-state index contributed by atoms with van der Waals surface area (Å²) in [5, 5.41) is 10.8. The smallest absolute Gasteiger partial charge is 0.271 e. The monoisotopic (exact) mass is 345 g/mol. The van der Waals surface area contributed by atoms with Gasteiger partial charge in [-0.15, -0.1) is 0 Å². The lowest BCUT2D eigenvalue weighted by atomic mass is 10.3. The molecule has 0 aliphatic heterocycles. The van der Waals surface area contributed by atoms with Gasteiger partial charge in [0, 0.05) is 24.4 Å². The van der Waals surface area contributed by atoms with Gasteiger partial charge in [-0.1, -0.05) is 17.7 Å². The molecular formula is C16H12ClN3O4. The van der Waals surface area contributed by atoms with Crippen molar-refractivity contribution >= 4 is 22.9 Å². The van der Waals surface area contributed by atoms with Crippen molar-refractivity contribution in [2.45, 2.75) is 13.5 Å². The van der Waals surface area contributed by atoms with Gasteiger partial charge in [0.05, 0.1) is 15.6 Å². The summed E-state index contributed by atoms with van der Waals surface area (Å²) in [6, 6.07) is 8.91. The normalized spacial score (nSPS) is 10.8.